The number of nitrogens with two attached hydrogens (primary N) is 1. The van der Waals surface area contributed by atoms with Crippen molar-refractivity contribution >= 4 is 11.6 Å². The number of benzene rings is 1. The quantitative estimate of drug-likeness (QED) is 0.713. The van der Waals surface area contributed by atoms with E-state index in [1.807, 2.05) is 0 Å². The molecule has 0 amide bonds. The van der Waals surface area contributed by atoms with Gasteiger partial charge < -0.3 is 5.73 Å². The largest absolute Gasteiger partial charge is 0.323 e. The molecule has 0 aliphatic heterocycles. The molecule has 66 valence electrons. The molecule has 1 rings (SSSR count). The van der Waals surface area contributed by atoms with Crippen molar-refractivity contribution in [3.63, 3.8) is 0 Å². The molecule has 2 N–H and O–H groups in total. The van der Waals surface area contributed by atoms with Gasteiger partial charge in [-0.05, 0) is 6.07 Å². The van der Waals surface area contributed by atoms with Gasteiger partial charge in [-0.1, -0.05) is 6.07 Å². The minimum atomic E-state index is -0.650. The Kier molecular flexibility index (Phi) is 3.00. The smallest absolute Gasteiger partial charge is 0.130 e. The Morgan fingerprint density at radius 1 is 1.42 bits per heavy atom. The molecule has 0 saturated heterocycles. The summed E-state index contributed by atoms with van der Waals surface area (Å²) in [7, 11) is 0. The third-order valence-electron chi connectivity index (χ3n) is 1.53. The lowest BCUT2D eigenvalue weighted by Gasteiger charge is -2.08. The highest BCUT2D eigenvalue weighted by Crippen LogP contribution is 2.16. The Morgan fingerprint density at radius 3 is 2.58 bits per heavy atom. The Labute approximate surface area is 74.1 Å². The van der Waals surface area contributed by atoms with Crippen molar-refractivity contribution in [1.82, 2.24) is 0 Å². The zero-order chi connectivity index (χ0) is 9.14. The number of hydrogen-bond acceptors (Lipinski definition) is 1. The first-order valence-electron chi connectivity index (χ1n) is 3.41. The van der Waals surface area contributed by atoms with E-state index >= 15 is 0 Å². The second-order valence-electron chi connectivity index (χ2n) is 2.43. The molecule has 0 heterocycles. The summed E-state index contributed by atoms with van der Waals surface area (Å²) >= 11 is 5.41. The fraction of sp³-hybridized carbons (Fsp3) is 0.250. The van der Waals surface area contributed by atoms with Crippen LogP contribution in [0, 0.1) is 11.6 Å². The van der Waals surface area contributed by atoms with Crippen LogP contribution in [0.2, 0.25) is 0 Å². The average Bonchev–Trinajstić information content (AvgIpc) is 2.03. The molecule has 1 nitrogen and oxygen atoms in total. The standard InChI is InChI=1S/C8H8ClF2N/c9-4-8(12)6-2-1-5(10)3-7(6)11/h1-3,8H,4,12H2. The molecular weight excluding hydrogens is 184 g/mol. The molecule has 0 bridgehead atoms. The predicted octanol–water partition coefficient (Wildman–Crippen LogP) is 2.20. The molecule has 4 heteroatoms. The van der Waals surface area contributed by atoms with E-state index in [1.165, 1.54) is 6.07 Å². The van der Waals surface area contributed by atoms with E-state index in [2.05, 4.69) is 0 Å². The van der Waals surface area contributed by atoms with Gasteiger partial charge in [0.1, 0.15) is 11.6 Å². The summed E-state index contributed by atoms with van der Waals surface area (Å²) in [5.41, 5.74) is 5.69. The van der Waals surface area contributed by atoms with Crippen LogP contribution in [-0.4, -0.2) is 5.88 Å². The number of alkyl halides is 1. The zero-order valence-corrected chi connectivity index (χ0v) is 6.98. The van der Waals surface area contributed by atoms with E-state index < -0.39 is 17.7 Å². The Bertz CT molecular complexity index is 278. The number of hydrogen-bond donors (Lipinski definition) is 1. The van der Waals surface area contributed by atoms with Crippen LogP contribution in [0.3, 0.4) is 0 Å². The first kappa shape index (κ1) is 9.42. The minimum Gasteiger partial charge on any atom is -0.323 e. The first-order chi connectivity index (χ1) is 5.65. The van der Waals surface area contributed by atoms with Crippen molar-refractivity contribution in [3.05, 3.63) is 35.4 Å². The van der Waals surface area contributed by atoms with Crippen molar-refractivity contribution < 1.29 is 8.78 Å². The summed E-state index contributed by atoms with van der Waals surface area (Å²) in [4.78, 5) is 0. The maximum atomic E-state index is 12.9. The van der Waals surface area contributed by atoms with Gasteiger partial charge in [0.25, 0.3) is 0 Å². The summed E-state index contributed by atoms with van der Waals surface area (Å²) in [6.07, 6.45) is 0. The maximum Gasteiger partial charge on any atom is 0.130 e. The predicted molar refractivity (Wildman–Crippen MR) is 44.0 cm³/mol. The van der Waals surface area contributed by atoms with Gasteiger partial charge >= 0.3 is 0 Å². The lowest BCUT2D eigenvalue weighted by molar-refractivity contribution is 0.563. The molecular formula is C8H8ClF2N. The van der Waals surface area contributed by atoms with Gasteiger partial charge in [0.2, 0.25) is 0 Å². The van der Waals surface area contributed by atoms with Crippen LogP contribution < -0.4 is 5.73 Å². The van der Waals surface area contributed by atoms with E-state index in [-0.39, 0.29) is 11.4 Å². The van der Waals surface area contributed by atoms with Gasteiger partial charge in [0.05, 0.1) is 0 Å². The van der Waals surface area contributed by atoms with E-state index in [4.69, 9.17) is 17.3 Å². The monoisotopic (exact) mass is 191 g/mol. The van der Waals surface area contributed by atoms with Gasteiger partial charge in [-0.2, -0.15) is 0 Å². The second kappa shape index (κ2) is 3.83. The van der Waals surface area contributed by atoms with Crippen molar-refractivity contribution in [2.45, 2.75) is 6.04 Å². The van der Waals surface area contributed by atoms with E-state index in [1.54, 1.807) is 0 Å². The second-order valence-corrected chi connectivity index (χ2v) is 2.74. The topological polar surface area (TPSA) is 26.0 Å². The third-order valence-corrected chi connectivity index (χ3v) is 1.86. The van der Waals surface area contributed by atoms with Crippen molar-refractivity contribution in [1.29, 1.82) is 0 Å². The van der Waals surface area contributed by atoms with Crippen LogP contribution in [0.25, 0.3) is 0 Å². The van der Waals surface area contributed by atoms with Crippen LogP contribution in [0.15, 0.2) is 18.2 Å². The molecule has 0 spiro atoms. The Hall–Kier alpha value is -0.670. The van der Waals surface area contributed by atoms with Crippen LogP contribution >= 0.6 is 11.6 Å². The van der Waals surface area contributed by atoms with Crippen LogP contribution in [0.4, 0.5) is 8.78 Å². The summed E-state index contributed by atoms with van der Waals surface area (Å²) in [5.74, 6) is -1.15. The summed E-state index contributed by atoms with van der Waals surface area (Å²) in [6.45, 7) is 0. The lowest BCUT2D eigenvalue weighted by atomic mass is 10.1. The molecule has 0 fully saturated rings. The molecule has 1 aromatic carbocycles. The molecule has 0 aliphatic rings. The minimum absolute atomic E-state index is 0.114. The molecule has 1 unspecified atom stereocenters. The molecule has 1 atom stereocenters. The molecule has 0 aliphatic carbocycles. The third kappa shape index (κ3) is 1.93. The summed E-state index contributed by atoms with van der Waals surface area (Å²) < 4.78 is 25.3. The molecule has 12 heavy (non-hydrogen) atoms. The number of rotatable bonds is 2. The van der Waals surface area contributed by atoms with Gasteiger partial charge in [-0.15, -0.1) is 11.6 Å². The highest BCUT2D eigenvalue weighted by atomic mass is 35.5. The van der Waals surface area contributed by atoms with E-state index in [0.717, 1.165) is 12.1 Å². The molecule has 1 aromatic rings. The van der Waals surface area contributed by atoms with Crippen molar-refractivity contribution in [3.8, 4) is 0 Å². The van der Waals surface area contributed by atoms with Crippen LogP contribution in [0.5, 0.6) is 0 Å². The van der Waals surface area contributed by atoms with E-state index in [9.17, 15) is 8.78 Å². The fourth-order valence-electron chi connectivity index (χ4n) is 0.885. The highest BCUT2D eigenvalue weighted by Gasteiger charge is 2.10. The number of halogens is 3. The first-order valence-corrected chi connectivity index (χ1v) is 3.95. The molecule has 0 saturated carbocycles. The fourth-order valence-corrected chi connectivity index (χ4v) is 1.05. The van der Waals surface area contributed by atoms with Gasteiger partial charge in [-0.3, -0.25) is 0 Å². The maximum absolute atomic E-state index is 12.9. The van der Waals surface area contributed by atoms with Gasteiger partial charge in [0.15, 0.2) is 0 Å². The lowest BCUT2D eigenvalue weighted by Crippen LogP contribution is -2.13. The Morgan fingerprint density at radius 2 is 2.08 bits per heavy atom. The van der Waals surface area contributed by atoms with Crippen molar-refractivity contribution in [2.24, 2.45) is 5.73 Å². The normalized spacial score (nSPS) is 13.0. The SMILES string of the molecule is NC(CCl)c1ccc(F)cc1F. The van der Waals surface area contributed by atoms with Gasteiger partial charge in [-0.25, -0.2) is 8.78 Å². The van der Waals surface area contributed by atoms with E-state index in [0.29, 0.717) is 0 Å². The highest BCUT2D eigenvalue weighted by molar-refractivity contribution is 6.18. The van der Waals surface area contributed by atoms with Gasteiger partial charge in [0, 0.05) is 23.6 Å². The summed E-state index contributed by atoms with van der Waals surface area (Å²) in [5, 5.41) is 0. The van der Waals surface area contributed by atoms with Crippen LogP contribution in [-0.2, 0) is 0 Å². The average molecular weight is 192 g/mol. The Balaban J connectivity index is 3.01. The van der Waals surface area contributed by atoms with Crippen LogP contribution in [0.1, 0.15) is 11.6 Å². The molecule has 0 aromatic heterocycles. The van der Waals surface area contributed by atoms with Crippen molar-refractivity contribution in [2.75, 3.05) is 5.88 Å². The molecule has 0 radical (unpaired) electrons. The summed E-state index contributed by atoms with van der Waals surface area (Å²) in [6, 6.07) is 2.68. The zero-order valence-electron chi connectivity index (χ0n) is 6.23.